The van der Waals surface area contributed by atoms with Crippen molar-refractivity contribution >= 4 is 0 Å². The molecule has 5 fully saturated rings. The molecule has 13 unspecified atom stereocenters. The van der Waals surface area contributed by atoms with E-state index >= 15 is 0 Å². The molecule has 1 saturated heterocycles. The highest BCUT2D eigenvalue weighted by Gasteiger charge is 2.48. The number of aliphatic hydroxyl groups is 1. The Labute approximate surface area is 203 Å². The molecule has 0 spiro atoms. The molecular weight excluding hydrogens is 406 g/mol. The third-order valence-electron chi connectivity index (χ3n) is 11.2. The monoisotopic (exact) mass is 459 g/mol. The Morgan fingerprint density at radius 2 is 1.27 bits per heavy atom. The van der Waals surface area contributed by atoms with Gasteiger partial charge in [-0.05, 0) is 92.3 Å². The van der Waals surface area contributed by atoms with Crippen LogP contribution in [0, 0.1) is 53.3 Å². The van der Waals surface area contributed by atoms with Crippen LogP contribution in [0.4, 0.5) is 0 Å². The molecular formula is C29H53N3O. The zero-order chi connectivity index (χ0) is 23.1. The summed E-state index contributed by atoms with van der Waals surface area (Å²) in [5.74, 6) is 6.63. The fraction of sp³-hybridized carbons (Fsp3) is 1.00. The summed E-state index contributed by atoms with van der Waals surface area (Å²) < 4.78 is 0. The van der Waals surface area contributed by atoms with Gasteiger partial charge in [0, 0.05) is 5.92 Å². The van der Waals surface area contributed by atoms with E-state index in [9.17, 15) is 5.11 Å². The van der Waals surface area contributed by atoms with Crippen molar-refractivity contribution in [3.05, 3.63) is 0 Å². The molecule has 0 radical (unpaired) electrons. The van der Waals surface area contributed by atoms with Gasteiger partial charge < -0.3 is 5.11 Å². The van der Waals surface area contributed by atoms with Crippen molar-refractivity contribution in [3.8, 4) is 0 Å². The van der Waals surface area contributed by atoms with Gasteiger partial charge in [-0.3, -0.25) is 16.0 Å². The van der Waals surface area contributed by atoms with E-state index in [-0.39, 0.29) is 12.3 Å². The van der Waals surface area contributed by atoms with E-state index in [4.69, 9.17) is 0 Å². The van der Waals surface area contributed by atoms with Crippen LogP contribution >= 0.6 is 0 Å². The van der Waals surface area contributed by atoms with Crippen molar-refractivity contribution in [3.63, 3.8) is 0 Å². The third-order valence-corrected chi connectivity index (χ3v) is 11.2. The zero-order valence-corrected chi connectivity index (χ0v) is 21.9. The second-order valence-corrected chi connectivity index (χ2v) is 13.5. The molecule has 5 rings (SSSR count). The fourth-order valence-corrected chi connectivity index (χ4v) is 8.98. The molecule has 0 aromatic carbocycles. The minimum Gasteiger partial charge on any atom is -0.393 e. The molecule has 5 aliphatic rings. The van der Waals surface area contributed by atoms with Gasteiger partial charge in [-0.15, -0.1) is 0 Å². The van der Waals surface area contributed by atoms with Gasteiger partial charge in [0.1, 0.15) is 0 Å². The summed E-state index contributed by atoms with van der Waals surface area (Å²) in [5, 5.41) is 23.7. The molecule has 4 N–H and O–H groups in total. The van der Waals surface area contributed by atoms with Crippen molar-refractivity contribution in [1.29, 1.82) is 0 Å². The molecule has 190 valence electrons. The summed E-state index contributed by atoms with van der Waals surface area (Å²) in [6, 6.07) is 0. The van der Waals surface area contributed by atoms with E-state index in [1.165, 1.54) is 70.6 Å². The highest BCUT2D eigenvalue weighted by atomic mass is 16.3. The quantitative estimate of drug-likeness (QED) is 0.452. The van der Waals surface area contributed by atoms with Crippen molar-refractivity contribution < 1.29 is 5.11 Å². The number of rotatable bonds is 3. The van der Waals surface area contributed by atoms with Gasteiger partial charge in [-0.25, -0.2) is 0 Å². The van der Waals surface area contributed by atoms with Gasteiger partial charge in [0.2, 0.25) is 0 Å². The SMILES string of the molecule is CC1CCC(C2NC(C3CCC(C)C(C)C3)NC(C3C(O)CCC4CCCCC43)N2)C(C)C1. The number of nitrogens with one attached hydrogen (secondary N) is 3. The molecule has 1 aliphatic heterocycles. The lowest BCUT2D eigenvalue weighted by atomic mass is 9.63. The fourth-order valence-electron chi connectivity index (χ4n) is 8.98. The molecule has 0 aromatic rings. The molecule has 4 nitrogen and oxygen atoms in total. The van der Waals surface area contributed by atoms with Gasteiger partial charge in [-0.1, -0.05) is 59.8 Å². The Bertz CT molecular complexity index is 642. The Balaban J connectivity index is 1.37. The highest BCUT2D eigenvalue weighted by Crippen LogP contribution is 2.46. The standard InChI is InChI=1S/C29H53N3O/c1-17-9-13-23(20(4)15-17)28-30-27(22-11-10-18(2)19(3)16-22)31-29(32-28)26-24-8-6-5-7-21(24)12-14-25(26)33/h17-33H,5-16H2,1-4H3. The van der Waals surface area contributed by atoms with E-state index < -0.39 is 0 Å². The molecule has 13 atom stereocenters. The van der Waals surface area contributed by atoms with E-state index in [2.05, 4.69) is 43.6 Å². The first-order valence-electron chi connectivity index (χ1n) is 14.9. The van der Waals surface area contributed by atoms with Crippen LogP contribution in [0.15, 0.2) is 0 Å². The Morgan fingerprint density at radius 1 is 0.545 bits per heavy atom. The maximum Gasteiger partial charge on any atom is 0.0652 e. The predicted octanol–water partition coefficient (Wildman–Crippen LogP) is 5.47. The molecule has 1 heterocycles. The van der Waals surface area contributed by atoms with Crippen LogP contribution in [0.2, 0.25) is 0 Å². The maximum absolute atomic E-state index is 11.3. The van der Waals surface area contributed by atoms with Crippen molar-refractivity contribution in [1.82, 2.24) is 16.0 Å². The smallest absolute Gasteiger partial charge is 0.0652 e. The number of aliphatic hydroxyl groups excluding tert-OH is 1. The zero-order valence-electron chi connectivity index (χ0n) is 21.9. The van der Waals surface area contributed by atoms with Crippen molar-refractivity contribution in [2.75, 3.05) is 0 Å². The summed E-state index contributed by atoms with van der Waals surface area (Å²) in [7, 11) is 0. The lowest BCUT2D eigenvalue weighted by molar-refractivity contribution is -0.0639. The summed E-state index contributed by atoms with van der Waals surface area (Å²) in [5.41, 5.74) is 0. The number of fused-ring (bicyclic) bond motifs is 1. The van der Waals surface area contributed by atoms with Crippen LogP contribution in [0.25, 0.3) is 0 Å². The largest absolute Gasteiger partial charge is 0.393 e. The average molecular weight is 460 g/mol. The Kier molecular flexibility index (Phi) is 7.77. The summed E-state index contributed by atoms with van der Waals surface area (Å²) in [4.78, 5) is 0. The van der Waals surface area contributed by atoms with Crippen LogP contribution in [0.5, 0.6) is 0 Å². The third kappa shape index (κ3) is 5.20. The summed E-state index contributed by atoms with van der Waals surface area (Å²) in [6.45, 7) is 9.84. The molecule has 0 bridgehead atoms. The first-order valence-corrected chi connectivity index (χ1v) is 14.9. The number of hydrogen-bond donors (Lipinski definition) is 4. The van der Waals surface area contributed by atoms with Crippen LogP contribution in [-0.2, 0) is 0 Å². The minimum absolute atomic E-state index is 0.150. The van der Waals surface area contributed by atoms with Crippen molar-refractivity contribution in [2.24, 2.45) is 53.3 Å². The normalized spacial score (nSPS) is 53.9. The summed E-state index contributed by atoms with van der Waals surface area (Å²) >= 11 is 0. The maximum atomic E-state index is 11.3. The average Bonchev–Trinajstić information content (AvgIpc) is 2.80. The topological polar surface area (TPSA) is 56.3 Å². The molecule has 4 heteroatoms. The first-order chi connectivity index (χ1) is 15.9. The van der Waals surface area contributed by atoms with Crippen LogP contribution in [-0.4, -0.2) is 29.7 Å². The van der Waals surface area contributed by atoms with Crippen LogP contribution in [0.3, 0.4) is 0 Å². The van der Waals surface area contributed by atoms with Gasteiger partial charge in [0.05, 0.1) is 24.6 Å². The second-order valence-electron chi connectivity index (χ2n) is 13.5. The van der Waals surface area contributed by atoms with E-state index in [0.717, 1.165) is 36.0 Å². The molecule has 4 saturated carbocycles. The minimum atomic E-state index is -0.150. The van der Waals surface area contributed by atoms with Crippen LogP contribution in [0.1, 0.15) is 105 Å². The lowest BCUT2D eigenvalue weighted by Gasteiger charge is -2.54. The van der Waals surface area contributed by atoms with E-state index in [1.807, 2.05) is 0 Å². The Hall–Kier alpha value is -0.160. The first kappa shape index (κ1) is 24.5. The number of hydrogen-bond acceptors (Lipinski definition) is 4. The van der Waals surface area contributed by atoms with E-state index in [1.54, 1.807) is 0 Å². The molecule has 33 heavy (non-hydrogen) atoms. The molecule has 4 aliphatic carbocycles. The molecule has 0 aromatic heterocycles. The van der Waals surface area contributed by atoms with Gasteiger partial charge in [-0.2, -0.15) is 0 Å². The second kappa shape index (κ2) is 10.4. The lowest BCUT2D eigenvalue weighted by Crippen LogP contribution is -2.74. The predicted molar refractivity (Wildman–Crippen MR) is 136 cm³/mol. The van der Waals surface area contributed by atoms with Gasteiger partial charge in [0.25, 0.3) is 0 Å². The summed E-state index contributed by atoms with van der Waals surface area (Å²) in [6.07, 6.45) is 16.7. The highest BCUT2D eigenvalue weighted by molar-refractivity contribution is 5.01. The van der Waals surface area contributed by atoms with E-state index in [0.29, 0.717) is 36.0 Å². The van der Waals surface area contributed by atoms with Gasteiger partial charge in [0.15, 0.2) is 0 Å². The van der Waals surface area contributed by atoms with Crippen molar-refractivity contribution in [2.45, 2.75) is 129 Å². The molecule has 0 amide bonds. The van der Waals surface area contributed by atoms with Crippen LogP contribution < -0.4 is 16.0 Å². The Morgan fingerprint density at radius 3 is 2.06 bits per heavy atom. The van der Waals surface area contributed by atoms with Gasteiger partial charge >= 0.3 is 0 Å².